The molecule has 2 rings (SSSR count). The summed E-state index contributed by atoms with van der Waals surface area (Å²) in [5, 5.41) is 3.38. The van der Waals surface area contributed by atoms with Gasteiger partial charge in [0.25, 0.3) is 0 Å². The summed E-state index contributed by atoms with van der Waals surface area (Å²) in [5.41, 5.74) is 0.746. The molecule has 0 aliphatic rings. The van der Waals surface area contributed by atoms with Crippen molar-refractivity contribution in [3.8, 4) is 5.75 Å². The van der Waals surface area contributed by atoms with E-state index in [1.165, 1.54) is 12.1 Å². The quantitative estimate of drug-likeness (QED) is 0.871. The molecule has 0 bridgehead atoms. The minimum atomic E-state index is -0.285. The molecule has 0 aliphatic carbocycles. The van der Waals surface area contributed by atoms with Crippen LogP contribution in [0, 0.1) is 12.7 Å². The molecule has 1 atom stereocenters. The largest absolute Gasteiger partial charge is 0.496 e. The summed E-state index contributed by atoms with van der Waals surface area (Å²) in [4.78, 5) is 0. The number of aryl methyl sites for hydroxylation is 1. The van der Waals surface area contributed by atoms with Crippen LogP contribution in [0.4, 0.5) is 4.39 Å². The molecule has 3 nitrogen and oxygen atoms in total. The van der Waals surface area contributed by atoms with Gasteiger partial charge in [-0.3, -0.25) is 0 Å². The van der Waals surface area contributed by atoms with E-state index in [1.807, 2.05) is 19.1 Å². The number of furan rings is 1. The predicted molar refractivity (Wildman–Crippen MR) is 76.5 cm³/mol. The molecule has 1 heterocycles. The van der Waals surface area contributed by atoms with E-state index in [0.717, 1.165) is 30.0 Å². The zero-order valence-electron chi connectivity index (χ0n) is 12.1. The van der Waals surface area contributed by atoms with Crippen LogP contribution in [0.25, 0.3) is 0 Å². The van der Waals surface area contributed by atoms with Gasteiger partial charge in [-0.1, -0.05) is 6.92 Å². The Kier molecular flexibility index (Phi) is 4.79. The van der Waals surface area contributed by atoms with E-state index in [4.69, 9.17) is 9.15 Å². The van der Waals surface area contributed by atoms with Crippen LogP contribution in [0.3, 0.4) is 0 Å². The molecule has 0 spiro atoms. The van der Waals surface area contributed by atoms with E-state index < -0.39 is 0 Å². The Balaban J connectivity index is 2.42. The highest BCUT2D eigenvalue weighted by molar-refractivity contribution is 5.40. The van der Waals surface area contributed by atoms with E-state index in [2.05, 4.69) is 12.2 Å². The van der Waals surface area contributed by atoms with Crippen molar-refractivity contribution < 1.29 is 13.5 Å². The van der Waals surface area contributed by atoms with Crippen LogP contribution in [0.2, 0.25) is 0 Å². The topological polar surface area (TPSA) is 34.4 Å². The zero-order chi connectivity index (χ0) is 14.5. The number of rotatable bonds is 6. The van der Waals surface area contributed by atoms with Gasteiger partial charge in [-0.15, -0.1) is 0 Å². The highest BCUT2D eigenvalue weighted by atomic mass is 19.1. The molecule has 0 fully saturated rings. The number of nitrogens with one attached hydrogen (secondary N) is 1. The van der Waals surface area contributed by atoms with E-state index in [1.54, 1.807) is 13.2 Å². The minimum Gasteiger partial charge on any atom is -0.496 e. The van der Waals surface area contributed by atoms with Gasteiger partial charge in [0.05, 0.1) is 13.2 Å². The van der Waals surface area contributed by atoms with E-state index in [9.17, 15) is 4.39 Å². The number of hydrogen-bond acceptors (Lipinski definition) is 3. The van der Waals surface area contributed by atoms with Gasteiger partial charge in [-0.25, -0.2) is 4.39 Å². The molecule has 108 valence electrons. The lowest BCUT2D eigenvalue weighted by Crippen LogP contribution is -2.23. The van der Waals surface area contributed by atoms with Gasteiger partial charge >= 0.3 is 0 Å². The monoisotopic (exact) mass is 277 g/mol. The SMILES string of the molecule is CCCNC(c1ccc(C)o1)c1cc(F)ccc1OC. The predicted octanol–water partition coefficient (Wildman–Crippen LogP) is 3.82. The second kappa shape index (κ2) is 6.57. The van der Waals surface area contributed by atoms with Gasteiger partial charge in [0.15, 0.2) is 0 Å². The zero-order valence-corrected chi connectivity index (χ0v) is 12.1. The maximum Gasteiger partial charge on any atom is 0.125 e. The van der Waals surface area contributed by atoms with Gasteiger partial charge < -0.3 is 14.5 Å². The molecule has 4 heteroatoms. The van der Waals surface area contributed by atoms with Gasteiger partial charge in [0.1, 0.15) is 23.1 Å². The van der Waals surface area contributed by atoms with Crippen molar-refractivity contribution in [3.63, 3.8) is 0 Å². The standard InChI is InChI=1S/C16H20FNO2/c1-4-9-18-16(15-7-5-11(2)20-15)13-10-12(17)6-8-14(13)19-3/h5-8,10,16,18H,4,9H2,1-3H3. The molecule has 20 heavy (non-hydrogen) atoms. The summed E-state index contributed by atoms with van der Waals surface area (Å²) in [6.45, 7) is 4.79. The van der Waals surface area contributed by atoms with Crippen LogP contribution in [0.1, 0.15) is 36.5 Å². The van der Waals surface area contributed by atoms with Crippen molar-refractivity contribution in [2.75, 3.05) is 13.7 Å². The Morgan fingerprint density at radius 3 is 2.70 bits per heavy atom. The lowest BCUT2D eigenvalue weighted by molar-refractivity contribution is 0.387. The first-order chi connectivity index (χ1) is 9.65. The molecule has 1 aromatic carbocycles. The van der Waals surface area contributed by atoms with Gasteiger partial charge in [-0.2, -0.15) is 0 Å². The highest BCUT2D eigenvalue weighted by Gasteiger charge is 2.21. The maximum absolute atomic E-state index is 13.6. The Bertz CT molecular complexity index is 565. The fraction of sp³-hybridized carbons (Fsp3) is 0.375. The number of halogens is 1. The number of ether oxygens (including phenoxy) is 1. The van der Waals surface area contributed by atoms with Gasteiger partial charge in [0, 0.05) is 5.56 Å². The highest BCUT2D eigenvalue weighted by Crippen LogP contribution is 2.31. The Morgan fingerprint density at radius 1 is 1.30 bits per heavy atom. The third-order valence-electron chi connectivity index (χ3n) is 3.15. The first kappa shape index (κ1) is 14.6. The second-order valence-corrected chi connectivity index (χ2v) is 4.72. The second-order valence-electron chi connectivity index (χ2n) is 4.72. The molecular formula is C16H20FNO2. The normalized spacial score (nSPS) is 12.4. The fourth-order valence-corrected chi connectivity index (χ4v) is 2.19. The third-order valence-corrected chi connectivity index (χ3v) is 3.15. The lowest BCUT2D eigenvalue weighted by atomic mass is 10.0. The summed E-state index contributed by atoms with van der Waals surface area (Å²) in [6, 6.07) is 8.13. The summed E-state index contributed by atoms with van der Waals surface area (Å²) < 4.78 is 24.6. The number of methoxy groups -OCH3 is 1. The van der Waals surface area contributed by atoms with E-state index in [-0.39, 0.29) is 11.9 Å². The average molecular weight is 277 g/mol. The van der Waals surface area contributed by atoms with Crippen LogP contribution in [-0.4, -0.2) is 13.7 Å². The summed E-state index contributed by atoms with van der Waals surface area (Å²) in [5.74, 6) is 1.96. The Hall–Kier alpha value is -1.81. The fourth-order valence-electron chi connectivity index (χ4n) is 2.19. The van der Waals surface area contributed by atoms with Crippen LogP contribution in [0.15, 0.2) is 34.7 Å². The summed E-state index contributed by atoms with van der Waals surface area (Å²) in [6.07, 6.45) is 0.980. The number of hydrogen-bond donors (Lipinski definition) is 1. The third kappa shape index (κ3) is 3.20. The van der Waals surface area contributed by atoms with Gasteiger partial charge in [-0.05, 0) is 50.2 Å². The van der Waals surface area contributed by atoms with Crippen molar-refractivity contribution in [1.29, 1.82) is 0 Å². The molecule has 1 N–H and O–H groups in total. The minimum absolute atomic E-state index is 0.214. The van der Waals surface area contributed by atoms with Crippen LogP contribution < -0.4 is 10.1 Å². The molecule has 0 saturated carbocycles. The molecule has 2 aromatic rings. The summed E-state index contributed by atoms with van der Waals surface area (Å²) in [7, 11) is 1.58. The lowest BCUT2D eigenvalue weighted by Gasteiger charge is -2.19. The molecule has 0 amide bonds. The molecular weight excluding hydrogens is 257 g/mol. The summed E-state index contributed by atoms with van der Waals surface area (Å²) >= 11 is 0. The average Bonchev–Trinajstić information content (AvgIpc) is 2.86. The van der Waals surface area contributed by atoms with Crippen LogP contribution in [-0.2, 0) is 0 Å². The van der Waals surface area contributed by atoms with Crippen molar-refractivity contribution >= 4 is 0 Å². The molecule has 0 radical (unpaired) electrons. The first-order valence-electron chi connectivity index (χ1n) is 6.79. The molecule has 1 aromatic heterocycles. The molecule has 0 aliphatic heterocycles. The van der Waals surface area contributed by atoms with Crippen molar-refractivity contribution in [2.45, 2.75) is 26.3 Å². The first-order valence-corrected chi connectivity index (χ1v) is 6.79. The Labute approximate surface area is 118 Å². The molecule has 0 saturated heterocycles. The van der Waals surface area contributed by atoms with Crippen LogP contribution >= 0.6 is 0 Å². The van der Waals surface area contributed by atoms with E-state index >= 15 is 0 Å². The van der Waals surface area contributed by atoms with E-state index in [0.29, 0.717) is 5.75 Å². The Morgan fingerprint density at radius 2 is 2.10 bits per heavy atom. The van der Waals surface area contributed by atoms with Crippen LogP contribution in [0.5, 0.6) is 5.75 Å². The van der Waals surface area contributed by atoms with Crippen molar-refractivity contribution in [3.05, 3.63) is 53.2 Å². The maximum atomic E-state index is 13.6. The smallest absolute Gasteiger partial charge is 0.125 e. The van der Waals surface area contributed by atoms with Crippen molar-refractivity contribution in [2.24, 2.45) is 0 Å². The number of benzene rings is 1. The molecule has 1 unspecified atom stereocenters. The van der Waals surface area contributed by atoms with Crippen molar-refractivity contribution in [1.82, 2.24) is 5.32 Å². The van der Waals surface area contributed by atoms with Gasteiger partial charge in [0.2, 0.25) is 0 Å².